The first-order valence-corrected chi connectivity index (χ1v) is 14.1. The van der Waals surface area contributed by atoms with Crippen molar-refractivity contribution in [2.24, 2.45) is 11.8 Å². The fourth-order valence-corrected chi connectivity index (χ4v) is 7.55. The van der Waals surface area contributed by atoms with Crippen LogP contribution in [0.25, 0.3) is 10.8 Å². The molecule has 6 rings (SSSR count). The van der Waals surface area contributed by atoms with Crippen molar-refractivity contribution in [2.45, 2.75) is 48.5 Å². The molecule has 3 aromatic rings. The molecule has 3 aliphatic heterocycles. The van der Waals surface area contributed by atoms with Gasteiger partial charge < -0.3 is 25.4 Å². The molecule has 9 heteroatoms. The normalized spacial score (nSPS) is 29.9. The van der Waals surface area contributed by atoms with E-state index in [2.05, 4.69) is 26.6 Å². The SMILES string of the molecule is C[C@H](CO)N1C(=O)[C@@H]2[C@@H](C(=O)NCc3ccccc3)[C@@H]3OC2(CC3Br)C1C(=O)Nc1ccc2ccccc2c1. The Hall–Kier alpha value is -3.27. The van der Waals surface area contributed by atoms with Crippen LogP contribution in [0.2, 0.25) is 0 Å². The number of benzene rings is 3. The van der Waals surface area contributed by atoms with Crippen molar-refractivity contribution in [1.82, 2.24) is 10.2 Å². The van der Waals surface area contributed by atoms with Gasteiger partial charge in [-0.1, -0.05) is 76.6 Å². The topological polar surface area (TPSA) is 108 Å². The molecule has 0 aromatic heterocycles. The summed E-state index contributed by atoms with van der Waals surface area (Å²) in [6, 6.07) is 21.4. The maximum Gasteiger partial charge on any atom is 0.250 e. The van der Waals surface area contributed by atoms with Gasteiger partial charge in [0.05, 0.1) is 30.6 Å². The number of anilines is 1. The standard InChI is InChI=1S/C30H30BrN3O5/c1-17(16-35)34-26(28(37)33-21-12-11-19-9-5-6-10-20(19)13-21)30-14-22(31)25(39-30)23(24(30)29(34)38)27(36)32-15-18-7-3-2-4-8-18/h2-13,17,22-26,35H,14-16H2,1H3,(H,32,36)(H,33,37)/t17-,22?,23-,24+,25-,26?,30?/m1/s1. The summed E-state index contributed by atoms with van der Waals surface area (Å²) in [6.45, 7) is 1.71. The average molecular weight is 592 g/mol. The van der Waals surface area contributed by atoms with Crippen LogP contribution < -0.4 is 10.6 Å². The predicted molar refractivity (Wildman–Crippen MR) is 150 cm³/mol. The molecule has 0 saturated carbocycles. The van der Waals surface area contributed by atoms with Crippen molar-refractivity contribution >= 4 is 50.1 Å². The molecule has 0 radical (unpaired) electrons. The Morgan fingerprint density at radius 2 is 1.79 bits per heavy atom. The Bertz CT molecular complexity index is 1430. The van der Waals surface area contributed by atoms with Crippen LogP contribution in [-0.2, 0) is 25.7 Å². The molecule has 3 heterocycles. The highest BCUT2D eigenvalue weighted by Crippen LogP contribution is 2.60. The van der Waals surface area contributed by atoms with Crippen LogP contribution in [0.15, 0.2) is 72.8 Å². The van der Waals surface area contributed by atoms with Crippen molar-refractivity contribution < 1.29 is 24.2 Å². The highest BCUT2D eigenvalue weighted by molar-refractivity contribution is 9.09. The molecule has 1 spiro atoms. The number of rotatable bonds is 7. The van der Waals surface area contributed by atoms with Gasteiger partial charge in [0.25, 0.3) is 0 Å². The van der Waals surface area contributed by atoms with Crippen LogP contribution in [0.4, 0.5) is 5.69 Å². The molecule has 8 nitrogen and oxygen atoms in total. The molecule has 3 saturated heterocycles. The summed E-state index contributed by atoms with van der Waals surface area (Å²) in [5, 5.41) is 18.0. The average Bonchev–Trinajstić information content (AvgIpc) is 3.55. The number of halogens is 1. The van der Waals surface area contributed by atoms with Gasteiger partial charge in [-0.15, -0.1) is 0 Å². The number of aliphatic hydroxyl groups excluding tert-OH is 1. The summed E-state index contributed by atoms with van der Waals surface area (Å²) in [4.78, 5) is 42.7. The zero-order valence-corrected chi connectivity index (χ0v) is 23.0. The summed E-state index contributed by atoms with van der Waals surface area (Å²) in [6.07, 6.45) is -0.140. The molecule has 2 bridgehead atoms. The molecule has 3 N–H and O–H groups in total. The van der Waals surface area contributed by atoms with Crippen LogP contribution in [-0.4, -0.2) is 63.0 Å². The maximum atomic E-state index is 14.0. The van der Waals surface area contributed by atoms with E-state index >= 15 is 0 Å². The molecule has 7 atom stereocenters. The molecular weight excluding hydrogens is 562 g/mol. The van der Waals surface area contributed by atoms with Gasteiger partial charge in [-0.25, -0.2) is 0 Å². The fraction of sp³-hybridized carbons (Fsp3) is 0.367. The number of likely N-dealkylation sites (tertiary alicyclic amines) is 1. The third kappa shape index (κ3) is 4.23. The number of carbonyl (C=O) groups excluding carboxylic acids is 3. The summed E-state index contributed by atoms with van der Waals surface area (Å²) in [5.41, 5.74) is 0.360. The first-order valence-electron chi connectivity index (χ1n) is 13.2. The molecule has 202 valence electrons. The Kier molecular flexibility index (Phi) is 6.69. The highest BCUT2D eigenvalue weighted by Gasteiger charge is 2.76. The van der Waals surface area contributed by atoms with Crippen molar-refractivity contribution in [3.63, 3.8) is 0 Å². The molecule has 3 aromatic carbocycles. The Morgan fingerprint density at radius 3 is 2.54 bits per heavy atom. The third-order valence-electron chi connectivity index (χ3n) is 8.34. The number of nitrogens with one attached hydrogen (secondary N) is 2. The number of fused-ring (bicyclic) bond motifs is 2. The lowest BCUT2D eigenvalue weighted by atomic mass is 9.70. The van der Waals surface area contributed by atoms with Crippen LogP contribution in [0.5, 0.6) is 0 Å². The molecule has 3 amide bonds. The minimum atomic E-state index is -1.19. The number of alkyl halides is 1. The van der Waals surface area contributed by atoms with Crippen LogP contribution in [0, 0.1) is 11.8 Å². The van der Waals surface area contributed by atoms with E-state index in [1.54, 1.807) is 6.92 Å². The lowest BCUT2D eigenvalue weighted by Gasteiger charge is -2.35. The monoisotopic (exact) mass is 591 g/mol. The van der Waals surface area contributed by atoms with Crippen LogP contribution in [0.3, 0.4) is 0 Å². The van der Waals surface area contributed by atoms with Gasteiger partial charge in [0.1, 0.15) is 11.6 Å². The number of nitrogens with zero attached hydrogens (tertiary/aromatic N) is 1. The molecule has 3 fully saturated rings. The Balaban J connectivity index is 1.32. The number of carbonyl (C=O) groups is 3. The quantitative estimate of drug-likeness (QED) is 0.366. The lowest BCUT2D eigenvalue weighted by Crippen LogP contribution is -2.56. The first-order chi connectivity index (χ1) is 18.8. The predicted octanol–water partition coefficient (Wildman–Crippen LogP) is 3.22. The van der Waals surface area contributed by atoms with E-state index in [1.807, 2.05) is 72.8 Å². The van der Waals surface area contributed by atoms with E-state index in [4.69, 9.17) is 4.74 Å². The van der Waals surface area contributed by atoms with E-state index in [1.165, 1.54) is 4.90 Å². The molecule has 3 unspecified atom stereocenters. The number of hydrogen-bond acceptors (Lipinski definition) is 5. The second-order valence-electron chi connectivity index (χ2n) is 10.7. The van der Waals surface area contributed by atoms with E-state index in [9.17, 15) is 19.5 Å². The summed E-state index contributed by atoms with van der Waals surface area (Å²) in [5.74, 6) is -2.59. The largest absolute Gasteiger partial charge is 0.394 e. The Labute approximate surface area is 234 Å². The zero-order valence-electron chi connectivity index (χ0n) is 21.4. The summed E-state index contributed by atoms with van der Waals surface area (Å²) >= 11 is 3.68. The van der Waals surface area contributed by atoms with Crippen molar-refractivity contribution in [1.29, 1.82) is 0 Å². The van der Waals surface area contributed by atoms with Gasteiger partial charge in [0.2, 0.25) is 17.7 Å². The van der Waals surface area contributed by atoms with Crippen molar-refractivity contribution in [3.8, 4) is 0 Å². The third-order valence-corrected chi connectivity index (χ3v) is 9.19. The smallest absolute Gasteiger partial charge is 0.250 e. The van der Waals surface area contributed by atoms with Gasteiger partial charge >= 0.3 is 0 Å². The number of ether oxygens (including phenoxy) is 1. The van der Waals surface area contributed by atoms with Crippen LogP contribution >= 0.6 is 15.9 Å². The van der Waals surface area contributed by atoms with E-state index in [0.717, 1.165) is 16.3 Å². The number of amides is 3. The molecule has 39 heavy (non-hydrogen) atoms. The van der Waals surface area contributed by atoms with Gasteiger partial charge in [-0.05, 0) is 41.8 Å². The molecule has 3 aliphatic rings. The highest BCUT2D eigenvalue weighted by atomic mass is 79.9. The Morgan fingerprint density at radius 1 is 1.08 bits per heavy atom. The van der Waals surface area contributed by atoms with E-state index in [-0.39, 0.29) is 23.2 Å². The zero-order chi connectivity index (χ0) is 27.3. The van der Waals surface area contributed by atoms with E-state index < -0.39 is 41.5 Å². The van der Waals surface area contributed by atoms with Crippen LogP contribution in [0.1, 0.15) is 18.9 Å². The lowest BCUT2D eigenvalue weighted by molar-refractivity contribution is -0.143. The maximum absolute atomic E-state index is 14.0. The second kappa shape index (κ2) is 10.0. The molecule has 0 aliphatic carbocycles. The van der Waals surface area contributed by atoms with Crippen molar-refractivity contribution in [2.75, 3.05) is 11.9 Å². The van der Waals surface area contributed by atoms with Gasteiger partial charge in [0, 0.05) is 17.1 Å². The number of aliphatic hydroxyl groups is 1. The van der Waals surface area contributed by atoms with Gasteiger partial charge in [0.15, 0.2) is 0 Å². The fourth-order valence-electron chi connectivity index (χ4n) is 6.61. The van der Waals surface area contributed by atoms with Gasteiger partial charge in [-0.2, -0.15) is 0 Å². The second-order valence-corrected chi connectivity index (χ2v) is 11.9. The summed E-state index contributed by atoms with van der Waals surface area (Å²) in [7, 11) is 0. The van der Waals surface area contributed by atoms with Crippen molar-refractivity contribution in [3.05, 3.63) is 78.4 Å². The summed E-state index contributed by atoms with van der Waals surface area (Å²) < 4.78 is 6.51. The minimum Gasteiger partial charge on any atom is -0.394 e. The van der Waals surface area contributed by atoms with E-state index in [0.29, 0.717) is 18.7 Å². The van der Waals surface area contributed by atoms with Gasteiger partial charge in [-0.3, -0.25) is 14.4 Å². The minimum absolute atomic E-state index is 0.200. The first kappa shape index (κ1) is 26.0. The number of hydrogen-bond donors (Lipinski definition) is 3. The molecular formula is C30H30BrN3O5.